The zero-order valence-corrected chi connectivity index (χ0v) is 11.3. The van der Waals surface area contributed by atoms with E-state index in [1.54, 1.807) is 24.4 Å². The van der Waals surface area contributed by atoms with Gasteiger partial charge in [0, 0.05) is 28.8 Å². The molecule has 2 rings (SSSR count). The van der Waals surface area contributed by atoms with Crippen molar-refractivity contribution in [1.82, 2.24) is 4.98 Å². The van der Waals surface area contributed by atoms with Crippen LogP contribution in [-0.4, -0.2) is 10.9 Å². The fourth-order valence-corrected chi connectivity index (χ4v) is 1.88. The fraction of sp³-hybridized carbons (Fsp3) is 0.200. The number of hydrogen-bond acceptors (Lipinski definition) is 3. The molecule has 0 saturated heterocycles. The minimum atomic E-state index is -0.156. The maximum Gasteiger partial charge on any atom is 0.255 e. The minimum Gasteiger partial charge on any atom is -0.398 e. The Balaban J connectivity index is 2.27. The van der Waals surface area contributed by atoms with Gasteiger partial charge in [0.15, 0.2) is 0 Å². The van der Waals surface area contributed by atoms with E-state index in [2.05, 4.69) is 10.3 Å². The van der Waals surface area contributed by atoms with E-state index in [1.807, 2.05) is 26.8 Å². The van der Waals surface area contributed by atoms with Crippen LogP contribution in [0.25, 0.3) is 0 Å². The molecule has 1 aromatic carbocycles. The summed E-state index contributed by atoms with van der Waals surface area (Å²) in [7, 11) is 0. The molecule has 2 aromatic rings. The number of amides is 1. The van der Waals surface area contributed by atoms with Crippen LogP contribution in [0.15, 0.2) is 30.5 Å². The predicted octanol–water partition coefficient (Wildman–Crippen LogP) is 2.84. The van der Waals surface area contributed by atoms with Crippen LogP contribution in [-0.2, 0) is 0 Å². The lowest BCUT2D eigenvalue weighted by atomic mass is 10.1. The highest BCUT2D eigenvalue weighted by Crippen LogP contribution is 2.22. The molecule has 4 heteroatoms. The summed E-state index contributed by atoms with van der Waals surface area (Å²) in [6.45, 7) is 5.74. The van der Waals surface area contributed by atoms with Crippen molar-refractivity contribution in [1.29, 1.82) is 0 Å². The first-order valence-corrected chi connectivity index (χ1v) is 6.08. The third-order valence-corrected chi connectivity index (χ3v) is 3.02. The SMILES string of the molecule is Cc1cc(C(=O)Nc2cc(N)c(C)cc2C)ccn1. The molecule has 0 aliphatic carbocycles. The Morgan fingerprint density at radius 3 is 2.58 bits per heavy atom. The van der Waals surface area contributed by atoms with Gasteiger partial charge in [0.2, 0.25) is 0 Å². The Kier molecular flexibility index (Phi) is 3.51. The molecule has 19 heavy (non-hydrogen) atoms. The smallest absolute Gasteiger partial charge is 0.255 e. The normalized spacial score (nSPS) is 10.3. The van der Waals surface area contributed by atoms with Crippen molar-refractivity contribution in [2.45, 2.75) is 20.8 Å². The van der Waals surface area contributed by atoms with Crippen LogP contribution in [0.3, 0.4) is 0 Å². The van der Waals surface area contributed by atoms with E-state index in [0.717, 1.165) is 22.5 Å². The highest BCUT2D eigenvalue weighted by molar-refractivity contribution is 6.04. The summed E-state index contributed by atoms with van der Waals surface area (Å²) in [4.78, 5) is 16.2. The number of aromatic nitrogens is 1. The number of carbonyl (C=O) groups is 1. The first-order valence-electron chi connectivity index (χ1n) is 6.08. The van der Waals surface area contributed by atoms with Crippen LogP contribution in [0.1, 0.15) is 27.2 Å². The molecule has 1 amide bonds. The zero-order valence-electron chi connectivity index (χ0n) is 11.3. The average Bonchev–Trinajstić information content (AvgIpc) is 2.36. The van der Waals surface area contributed by atoms with Gasteiger partial charge in [0.25, 0.3) is 5.91 Å². The van der Waals surface area contributed by atoms with Crippen molar-refractivity contribution < 1.29 is 4.79 Å². The van der Waals surface area contributed by atoms with E-state index < -0.39 is 0 Å². The number of anilines is 2. The summed E-state index contributed by atoms with van der Waals surface area (Å²) in [5.74, 6) is -0.156. The predicted molar refractivity (Wildman–Crippen MR) is 77.3 cm³/mol. The number of pyridine rings is 1. The van der Waals surface area contributed by atoms with Crippen molar-refractivity contribution in [3.8, 4) is 0 Å². The van der Waals surface area contributed by atoms with E-state index >= 15 is 0 Å². The summed E-state index contributed by atoms with van der Waals surface area (Å²) in [6, 6.07) is 7.19. The number of nitrogens with two attached hydrogens (primary N) is 1. The molecule has 98 valence electrons. The van der Waals surface area contributed by atoms with Gasteiger partial charge in [-0.2, -0.15) is 0 Å². The summed E-state index contributed by atoms with van der Waals surface area (Å²) in [5, 5.41) is 2.88. The Morgan fingerprint density at radius 2 is 1.89 bits per heavy atom. The van der Waals surface area contributed by atoms with E-state index in [4.69, 9.17) is 5.73 Å². The number of nitrogens with one attached hydrogen (secondary N) is 1. The van der Waals surface area contributed by atoms with Crippen molar-refractivity contribution in [2.75, 3.05) is 11.1 Å². The molecule has 0 spiro atoms. The van der Waals surface area contributed by atoms with Crippen LogP contribution in [0.5, 0.6) is 0 Å². The van der Waals surface area contributed by atoms with Crippen molar-refractivity contribution >= 4 is 17.3 Å². The van der Waals surface area contributed by atoms with Crippen LogP contribution in [0.4, 0.5) is 11.4 Å². The van der Waals surface area contributed by atoms with Crippen LogP contribution >= 0.6 is 0 Å². The second-order valence-electron chi connectivity index (χ2n) is 4.66. The molecule has 0 radical (unpaired) electrons. The Morgan fingerprint density at radius 1 is 1.16 bits per heavy atom. The van der Waals surface area contributed by atoms with Gasteiger partial charge < -0.3 is 11.1 Å². The highest BCUT2D eigenvalue weighted by Gasteiger charge is 2.09. The first kappa shape index (κ1) is 13.1. The second-order valence-corrected chi connectivity index (χ2v) is 4.66. The van der Waals surface area contributed by atoms with Crippen molar-refractivity contribution in [3.05, 3.63) is 52.8 Å². The molecule has 3 N–H and O–H groups in total. The second kappa shape index (κ2) is 5.10. The third kappa shape index (κ3) is 2.91. The molecule has 0 unspecified atom stereocenters. The molecular formula is C15H17N3O. The molecule has 0 bridgehead atoms. The lowest BCUT2D eigenvalue weighted by molar-refractivity contribution is 0.102. The summed E-state index contributed by atoms with van der Waals surface area (Å²) >= 11 is 0. The lowest BCUT2D eigenvalue weighted by Gasteiger charge is -2.11. The van der Waals surface area contributed by atoms with Crippen molar-refractivity contribution in [2.24, 2.45) is 0 Å². The van der Waals surface area contributed by atoms with Gasteiger partial charge in [-0.15, -0.1) is 0 Å². The molecular weight excluding hydrogens is 238 g/mol. The molecule has 0 atom stereocenters. The minimum absolute atomic E-state index is 0.156. The number of hydrogen-bond donors (Lipinski definition) is 2. The maximum absolute atomic E-state index is 12.1. The molecule has 1 aromatic heterocycles. The van der Waals surface area contributed by atoms with Gasteiger partial charge in [-0.05, 0) is 50.1 Å². The van der Waals surface area contributed by atoms with Gasteiger partial charge >= 0.3 is 0 Å². The number of rotatable bonds is 2. The zero-order chi connectivity index (χ0) is 14.0. The van der Waals surface area contributed by atoms with E-state index in [0.29, 0.717) is 11.3 Å². The number of carbonyl (C=O) groups excluding carboxylic acids is 1. The first-order chi connectivity index (χ1) is 8.97. The van der Waals surface area contributed by atoms with Gasteiger partial charge in [0.05, 0.1) is 0 Å². The fourth-order valence-electron chi connectivity index (χ4n) is 1.88. The molecule has 1 heterocycles. The topological polar surface area (TPSA) is 68.0 Å². The highest BCUT2D eigenvalue weighted by atomic mass is 16.1. The molecule has 0 aliphatic heterocycles. The van der Waals surface area contributed by atoms with E-state index in [1.165, 1.54) is 0 Å². The van der Waals surface area contributed by atoms with Gasteiger partial charge in [0.1, 0.15) is 0 Å². The Bertz CT molecular complexity index is 635. The quantitative estimate of drug-likeness (QED) is 0.811. The number of aryl methyl sites for hydroxylation is 3. The standard InChI is InChI=1S/C15H17N3O/c1-9-6-10(2)14(8-13(9)16)18-15(19)12-4-5-17-11(3)7-12/h4-8H,16H2,1-3H3,(H,18,19). The van der Waals surface area contributed by atoms with Crippen LogP contribution in [0.2, 0.25) is 0 Å². The number of nitrogen functional groups attached to an aromatic ring is 1. The number of benzene rings is 1. The third-order valence-electron chi connectivity index (χ3n) is 3.02. The summed E-state index contributed by atoms with van der Waals surface area (Å²) in [6.07, 6.45) is 1.63. The monoisotopic (exact) mass is 255 g/mol. The maximum atomic E-state index is 12.1. The van der Waals surface area contributed by atoms with E-state index in [9.17, 15) is 4.79 Å². The van der Waals surface area contributed by atoms with Gasteiger partial charge in [-0.25, -0.2) is 0 Å². The van der Waals surface area contributed by atoms with E-state index in [-0.39, 0.29) is 5.91 Å². The number of nitrogens with zero attached hydrogens (tertiary/aromatic N) is 1. The Hall–Kier alpha value is -2.36. The van der Waals surface area contributed by atoms with Crippen molar-refractivity contribution in [3.63, 3.8) is 0 Å². The molecule has 4 nitrogen and oxygen atoms in total. The average molecular weight is 255 g/mol. The lowest BCUT2D eigenvalue weighted by Crippen LogP contribution is -2.13. The summed E-state index contributed by atoms with van der Waals surface area (Å²) < 4.78 is 0. The molecule has 0 aliphatic rings. The van der Waals surface area contributed by atoms with Gasteiger partial charge in [-0.1, -0.05) is 6.07 Å². The van der Waals surface area contributed by atoms with Crippen LogP contribution < -0.4 is 11.1 Å². The molecule has 0 saturated carbocycles. The largest absolute Gasteiger partial charge is 0.398 e. The molecule has 0 fully saturated rings. The summed E-state index contributed by atoms with van der Waals surface area (Å²) in [5.41, 5.74) is 10.7. The Labute approximate surface area is 112 Å². The van der Waals surface area contributed by atoms with Crippen LogP contribution in [0, 0.1) is 20.8 Å². The van der Waals surface area contributed by atoms with Gasteiger partial charge in [-0.3, -0.25) is 9.78 Å².